The van der Waals surface area contributed by atoms with E-state index in [0.717, 1.165) is 85.4 Å². The lowest BCUT2D eigenvalue weighted by Crippen LogP contribution is -2.21. The maximum Gasteiger partial charge on any atom is 0.0737 e. The molecule has 0 fully saturated rings. The fourth-order valence-corrected chi connectivity index (χ4v) is 7.64. The van der Waals surface area contributed by atoms with Crippen molar-refractivity contribution in [3.05, 3.63) is 218 Å². The Hall–Kier alpha value is -6.26. The summed E-state index contributed by atoms with van der Waals surface area (Å²) in [6.07, 6.45) is 11.9. The van der Waals surface area contributed by atoms with Gasteiger partial charge >= 0.3 is 0 Å². The van der Waals surface area contributed by atoms with Gasteiger partial charge in [0.25, 0.3) is 0 Å². The Morgan fingerprint density at radius 3 is 1.54 bits per heavy atom. The van der Waals surface area contributed by atoms with Gasteiger partial charge in [0, 0.05) is 45.9 Å². The molecular weight excluding hydrogens is 633 g/mol. The van der Waals surface area contributed by atoms with Crippen LogP contribution in [0.2, 0.25) is 0 Å². The van der Waals surface area contributed by atoms with Crippen molar-refractivity contribution in [1.82, 2.24) is 10.3 Å². The highest BCUT2D eigenvalue weighted by molar-refractivity contribution is 6.31. The number of aryl methyl sites for hydroxylation is 4. The third-order valence-electron chi connectivity index (χ3n) is 10.5. The molecule has 0 radical (unpaired) electrons. The number of hydrogen-bond acceptors (Lipinski definition) is 3. The Kier molecular flexibility index (Phi) is 7.81. The number of rotatable bonds is 4. The molecule has 1 aromatic heterocycles. The van der Waals surface area contributed by atoms with Gasteiger partial charge in [-0.25, -0.2) is 4.99 Å². The van der Waals surface area contributed by atoms with Gasteiger partial charge in [0.15, 0.2) is 0 Å². The van der Waals surface area contributed by atoms with Gasteiger partial charge in [0.05, 0.1) is 28.7 Å². The number of aromatic nitrogens is 1. The zero-order valence-corrected chi connectivity index (χ0v) is 30.0. The van der Waals surface area contributed by atoms with Crippen LogP contribution in [0.5, 0.6) is 0 Å². The van der Waals surface area contributed by atoms with Crippen LogP contribution < -0.4 is 5.32 Å². The van der Waals surface area contributed by atoms with E-state index in [9.17, 15) is 0 Å². The number of benzene rings is 4. The topological polar surface area (TPSA) is 52.5 Å². The summed E-state index contributed by atoms with van der Waals surface area (Å²) >= 11 is 0. The molecule has 4 nitrogen and oxygen atoms in total. The van der Waals surface area contributed by atoms with E-state index < -0.39 is 0 Å². The predicted molar refractivity (Wildman–Crippen MR) is 216 cm³/mol. The molecular formula is C48H40N4. The van der Waals surface area contributed by atoms with Gasteiger partial charge in [-0.1, -0.05) is 125 Å². The van der Waals surface area contributed by atoms with E-state index in [4.69, 9.17) is 9.98 Å². The largest absolute Gasteiger partial charge is 0.361 e. The van der Waals surface area contributed by atoms with Crippen molar-refractivity contribution >= 4 is 28.1 Å². The van der Waals surface area contributed by atoms with Crippen LogP contribution >= 0.6 is 0 Å². The average molecular weight is 673 g/mol. The molecule has 4 aliphatic heterocycles. The van der Waals surface area contributed by atoms with Crippen LogP contribution in [0, 0.1) is 27.7 Å². The van der Waals surface area contributed by atoms with E-state index in [1.54, 1.807) is 0 Å². The normalized spacial score (nSPS) is 17.8. The van der Waals surface area contributed by atoms with Crippen molar-refractivity contribution < 1.29 is 0 Å². The summed E-state index contributed by atoms with van der Waals surface area (Å²) in [5.74, 6) is -0.0675. The van der Waals surface area contributed by atoms with Crippen LogP contribution in [-0.4, -0.2) is 16.4 Å². The minimum atomic E-state index is -0.0675. The molecule has 0 amide bonds. The molecule has 2 N–H and O–H groups in total. The Morgan fingerprint density at radius 1 is 0.500 bits per heavy atom. The molecule has 0 saturated carbocycles. The van der Waals surface area contributed by atoms with Crippen LogP contribution in [0.4, 0.5) is 0 Å². The van der Waals surface area contributed by atoms with E-state index in [1.165, 1.54) is 27.8 Å². The molecule has 4 aliphatic rings. The van der Waals surface area contributed by atoms with Crippen molar-refractivity contribution in [3.8, 4) is 0 Å². The molecule has 0 saturated heterocycles. The zero-order valence-electron chi connectivity index (χ0n) is 30.0. The quantitative estimate of drug-likeness (QED) is 0.196. The molecule has 9 rings (SSSR count). The first-order valence-corrected chi connectivity index (χ1v) is 18.1. The lowest BCUT2D eigenvalue weighted by molar-refractivity contribution is 0.907. The molecule has 5 aromatic rings. The van der Waals surface area contributed by atoms with E-state index in [0.29, 0.717) is 0 Å². The van der Waals surface area contributed by atoms with Crippen LogP contribution in [0.3, 0.4) is 0 Å². The number of hydrogen-bond donors (Lipinski definition) is 2. The molecule has 1 unspecified atom stereocenters. The van der Waals surface area contributed by atoms with Crippen molar-refractivity contribution in [2.45, 2.75) is 40.0 Å². The lowest BCUT2D eigenvalue weighted by atomic mass is 9.90. The highest BCUT2D eigenvalue weighted by atomic mass is 15.0. The second kappa shape index (κ2) is 12.8. The molecule has 1 atom stereocenters. The maximum atomic E-state index is 5.46. The molecule has 5 heterocycles. The van der Waals surface area contributed by atoms with Crippen molar-refractivity contribution in [2.75, 3.05) is 0 Å². The van der Waals surface area contributed by atoms with Crippen molar-refractivity contribution in [3.63, 3.8) is 0 Å². The van der Waals surface area contributed by atoms with Crippen LogP contribution in [0.1, 0.15) is 68.2 Å². The SMILES string of the molecule is Cc1ccc(C2=C3CC=C(N3)C(c3ccc(C)cc3)C3=NC(=C(c4ccc(C)cc4)c4ccc([nH]4)C(c4ccc(C)cc4)=C4C=CC2=N4)C=C3)cc1. The van der Waals surface area contributed by atoms with E-state index >= 15 is 0 Å². The summed E-state index contributed by atoms with van der Waals surface area (Å²) in [4.78, 5) is 14.8. The Balaban J connectivity index is 1.32. The standard InChI is InChI=1S/C48H40N4/c1-29-5-13-33(14-6-29)45-37-21-23-39(49-37)46(34-15-7-30(2)8-16-34)41-25-27-43(51-41)48(36-19-11-32(4)12-20-36)44-28-26-42(52-44)47(40-24-22-38(45)50-40)35-17-9-31(3)10-18-35/h5-27,47,49,52H,28H2,1-4H3. The van der Waals surface area contributed by atoms with E-state index in [2.05, 4.69) is 178 Å². The van der Waals surface area contributed by atoms with E-state index in [1.807, 2.05) is 0 Å². The number of fused-ring (bicyclic) bond motifs is 6. The monoisotopic (exact) mass is 672 g/mol. The number of nitrogens with one attached hydrogen (secondary N) is 2. The zero-order chi connectivity index (χ0) is 35.3. The Labute approximate surface area is 305 Å². The fourth-order valence-electron chi connectivity index (χ4n) is 7.64. The first-order chi connectivity index (χ1) is 25.4. The van der Waals surface area contributed by atoms with Crippen LogP contribution in [0.25, 0.3) is 16.7 Å². The molecule has 252 valence electrons. The van der Waals surface area contributed by atoms with Crippen molar-refractivity contribution in [1.29, 1.82) is 0 Å². The Bertz CT molecular complexity index is 2490. The van der Waals surface area contributed by atoms with Crippen LogP contribution in [0.15, 0.2) is 172 Å². The van der Waals surface area contributed by atoms with Crippen molar-refractivity contribution in [2.24, 2.45) is 9.98 Å². The van der Waals surface area contributed by atoms with Gasteiger partial charge in [0.1, 0.15) is 0 Å². The highest BCUT2D eigenvalue weighted by Gasteiger charge is 2.30. The molecule has 0 aliphatic carbocycles. The third-order valence-corrected chi connectivity index (χ3v) is 10.5. The molecule has 0 spiro atoms. The number of aliphatic imine (C=N–C) groups is 2. The van der Waals surface area contributed by atoms with Gasteiger partial charge < -0.3 is 10.3 Å². The smallest absolute Gasteiger partial charge is 0.0737 e. The minimum Gasteiger partial charge on any atom is -0.361 e. The van der Waals surface area contributed by atoms with Gasteiger partial charge in [-0.15, -0.1) is 0 Å². The van der Waals surface area contributed by atoms with Gasteiger partial charge in [-0.05, 0) is 86.4 Å². The second-order valence-corrected chi connectivity index (χ2v) is 14.3. The Morgan fingerprint density at radius 2 is 0.981 bits per heavy atom. The first-order valence-electron chi connectivity index (χ1n) is 18.1. The summed E-state index contributed by atoms with van der Waals surface area (Å²) in [6.45, 7) is 8.53. The summed E-state index contributed by atoms with van der Waals surface area (Å²) in [5, 5.41) is 3.94. The summed E-state index contributed by atoms with van der Waals surface area (Å²) < 4.78 is 0. The summed E-state index contributed by atoms with van der Waals surface area (Å²) in [7, 11) is 0. The average Bonchev–Trinajstić information content (AvgIpc) is 3.99. The van der Waals surface area contributed by atoms with Gasteiger partial charge in [0.2, 0.25) is 0 Å². The number of aromatic amines is 1. The third kappa shape index (κ3) is 5.76. The molecule has 4 aromatic carbocycles. The van der Waals surface area contributed by atoms with E-state index in [-0.39, 0.29) is 5.92 Å². The highest BCUT2D eigenvalue weighted by Crippen LogP contribution is 2.40. The number of H-pyrrole nitrogens is 1. The molecule has 4 heteroatoms. The number of nitrogens with zero attached hydrogens (tertiary/aromatic N) is 2. The van der Waals surface area contributed by atoms with Gasteiger partial charge in [-0.3, -0.25) is 4.99 Å². The molecule has 8 bridgehead atoms. The second-order valence-electron chi connectivity index (χ2n) is 14.3. The first kappa shape index (κ1) is 31.7. The summed E-state index contributed by atoms with van der Waals surface area (Å²) in [6, 6.07) is 39.6. The van der Waals surface area contributed by atoms with Gasteiger partial charge in [-0.2, -0.15) is 0 Å². The lowest BCUT2D eigenvalue weighted by Gasteiger charge is -2.21. The fraction of sp³-hybridized carbons (Fsp3) is 0.125. The minimum absolute atomic E-state index is 0.0675. The molecule has 52 heavy (non-hydrogen) atoms. The predicted octanol–water partition coefficient (Wildman–Crippen LogP) is 10.9. The number of allylic oxidation sites excluding steroid dienone is 7. The van der Waals surface area contributed by atoms with Crippen LogP contribution in [-0.2, 0) is 0 Å². The maximum absolute atomic E-state index is 5.46. The summed E-state index contributed by atoms with van der Waals surface area (Å²) in [5.41, 5.74) is 20.9.